The van der Waals surface area contributed by atoms with Crippen LogP contribution in [-0.2, 0) is 5.41 Å². The summed E-state index contributed by atoms with van der Waals surface area (Å²) >= 11 is 0. The van der Waals surface area contributed by atoms with Gasteiger partial charge >= 0.3 is 0 Å². The van der Waals surface area contributed by atoms with Gasteiger partial charge in [-0.25, -0.2) is 0 Å². The summed E-state index contributed by atoms with van der Waals surface area (Å²) in [6.45, 7) is 4.43. The largest absolute Gasteiger partial charge is 0.298 e. The quantitative estimate of drug-likeness (QED) is 0.671. The lowest BCUT2D eigenvalue weighted by atomic mass is 9.82. The van der Waals surface area contributed by atoms with Crippen molar-refractivity contribution in [3.63, 3.8) is 0 Å². The first-order valence-electron chi connectivity index (χ1n) is 5.84. The van der Waals surface area contributed by atoms with Gasteiger partial charge in [-0.1, -0.05) is 50.2 Å². The Morgan fingerprint density at radius 2 is 1.65 bits per heavy atom. The molecular formula is C16H14O. The van der Waals surface area contributed by atoms with Crippen molar-refractivity contribution in [2.45, 2.75) is 19.3 Å². The van der Waals surface area contributed by atoms with E-state index in [-0.39, 0.29) is 5.41 Å². The fourth-order valence-corrected chi connectivity index (χ4v) is 2.80. The molecular weight excluding hydrogens is 208 g/mol. The minimum Gasteiger partial charge on any atom is -0.298 e. The summed E-state index contributed by atoms with van der Waals surface area (Å²) in [6, 6.07) is 14.4. The predicted molar refractivity (Wildman–Crippen MR) is 69.4 cm³/mol. The molecule has 0 atom stereocenters. The second kappa shape index (κ2) is 3.30. The molecule has 3 rings (SSSR count). The van der Waals surface area contributed by atoms with Gasteiger partial charge in [0.25, 0.3) is 0 Å². The van der Waals surface area contributed by atoms with Crippen LogP contribution < -0.4 is 0 Å². The molecule has 2 aromatic carbocycles. The minimum atomic E-state index is -0.00898. The number of aldehydes is 1. The molecule has 0 aliphatic heterocycles. The molecule has 1 nitrogen and oxygen atoms in total. The summed E-state index contributed by atoms with van der Waals surface area (Å²) in [6.07, 6.45) is 0.916. The highest BCUT2D eigenvalue weighted by Gasteiger charge is 2.34. The first-order chi connectivity index (χ1) is 8.14. The monoisotopic (exact) mass is 222 g/mol. The van der Waals surface area contributed by atoms with Crippen LogP contribution in [0.1, 0.15) is 35.3 Å². The first kappa shape index (κ1) is 10.3. The van der Waals surface area contributed by atoms with Crippen molar-refractivity contribution < 1.29 is 4.79 Å². The van der Waals surface area contributed by atoms with E-state index in [1.54, 1.807) is 0 Å². The number of rotatable bonds is 1. The maximum absolute atomic E-state index is 10.9. The molecule has 0 aromatic heterocycles. The van der Waals surface area contributed by atoms with Crippen LogP contribution in [0.2, 0.25) is 0 Å². The molecule has 0 unspecified atom stereocenters. The van der Waals surface area contributed by atoms with Crippen molar-refractivity contribution in [1.29, 1.82) is 0 Å². The van der Waals surface area contributed by atoms with Gasteiger partial charge in [-0.15, -0.1) is 0 Å². The highest BCUT2D eigenvalue weighted by atomic mass is 16.1. The van der Waals surface area contributed by atoms with Crippen molar-refractivity contribution in [2.75, 3.05) is 0 Å². The number of carbonyl (C=O) groups is 1. The SMILES string of the molecule is CC1(C)c2ccccc2-c2ccc(C=O)cc21. The van der Waals surface area contributed by atoms with Crippen LogP contribution >= 0.6 is 0 Å². The zero-order valence-corrected chi connectivity index (χ0v) is 10.0. The summed E-state index contributed by atoms with van der Waals surface area (Å²) in [5.41, 5.74) is 5.90. The number of hydrogen-bond acceptors (Lipinski definition) is 1. The van der Waals surface area contributed by atoms with Crippen molar-refractivity contribution in [2.24, 2.45) is 0 Å². The van der Waals surface area contributed by atoms with E-state index in [9.17, 15) is 4.79 Å². The Hall–Kier alpha value is -1.89. The van der Waals surface area contributed by atoms with Crippen LogP contribution in [0.25, 0.3) is 11.1 Å². The molecule has 2 aromatic rings. The molecule has 84 valence electrons. The van der Waals surface area contributed by atoms with Gasteiger partial charge < -0.3 is 0 Å². The average molecular weight is 222 g/mol. The van der Waals surface area contributed by atoms with E-state index in [0.29, 0.717) is 0 Å². The van der Waals surface area contributed by atoms with Gasteiger partial charge in [0, 0.05) is 11.0 Å². The van der Waals surface area contributed by atoms with Gasteiger partial charge in [0.1, 0.15) is 6.29 Å². The molecule has 0 spiro atoms. The van der Waals surface area contributed by atoms with E-state index in [1.807, 2.05) is 12.1 Å². The molecule has 0 radical (unpaired) electrons. The molecule has 0 N–H and O–H groups in total. The molecule has 0 saturated heterocycles. The third-order valence-electron chi connectivity index (χ3n) is 3.74. The lowest BCUT2D eigenvalue weighted by molar-refractivity contribution is 0.112. The maximum Gasteiger partial charge on any atom is 0.150 e. The Morgan fingerprint density at radius 3 is 2.41 bits per heavy atom. The van der Waals surface area contributed by atoms with E-state index < -0.39 is 0 Å². The fourth-order valence-electron chi connectivity index (χ4n) is 2.80. The lowest BCUT2D eigenvalue weighted by Gasteiger charge is -2.21. The van der Waals surface area contributed by atoms with Gasteiger partial charge in [-0.3, -0.25) is 4.79 Å². The summed E-state index contributed by atoms with van der Waals surface area (Å²) in [7, 11) is 0. The fraction of sp³-hybridized carbons (Fsp3) is 0.188. The van der Waals surface area contributed by atoms with Gasteiger partial charge in [0.2, 0.25) is 0 Å². The van der Waals surface area contributed by atoms with Crippen LogP contribution in [0.3, 0.4) is 0 Å². The minimum absolute atomic E-state index is 0.00898. The molecule has 1 aliphatic rings. The highest BCUT2D eigenvalue weighted by Crippen LogP contribution is 2.48. The smallest absolute Gasteiger partial charge is 0.150 e. The Bertz CT molecular complexity index is 609. The van der Waals surface area contributed by atoms with Gasteiger partial charge in [0.15, 0.2) is 0 Å². The zero-order chi connectivity index (χ0) is 12.0. The van der Waals surface area contributed by atoms with E-state index >= 15 is 0 Å². The molecule has 0 fully saturated rings. The van der Waals surface area contributed by atoms with Gasteiger partial charge in [-0.2, -0.15) is 0 Å². The Kier molecular flexibility index (Phi) is 1.99. The molecule has 1 aliphatic carbocycles. The molecule has 0 bridgehead atoms. The molecule has 17 heavy (non-hydrogen) atoms. The van der Waals surface area contributed by atoms with Crippen LogP contribution in [-0.4, -0.2) is 6.29 Å². The molecule has 0 heterocycles. The number of fused-ring (bicyclic) bond motifs is 3. The van der Waals surface area contributed by atoms with E-state index in [4.69, 9.17) is 0 Å². The second-order valence-electron chi connectivity index (χ2n) is 5.09. The number of benzene rings is 2. The molecule has 0 amide bonds. The first-order valence-corrected chi connectivity index (χ1v) is 5.84. The summed E-state index contributed by atoms with van der Waals surface area (Å²) in [4.78, 5) is 10.9. The second-order valence-corrected chi connectivity index (χ2v) is 5.09. The van der Waals surface area contributed by atoms with Crippen molar-refractivity contribution in [3.8, 4) is 11.1 Å². The van der Waals surface area contributed by atoms with Crippen LogP contribution in [0.4, 0.5) is 0 Å². The van der Waals surface area contributed by atoms with Gasteiger partial charge in [0.05, 0.1) is 0 Å². The Balaban J connectivity index is 2.35. The standard InChI is InChI=1S/C16H14O/c1-16(2)14-6-4-3-5-12(14)13-8-7-11(10-17)9-15(13)16/h3-10H,1-2H3. The molecule has 0 saturated carbocycles. The Morgan fingerprint density at radius 1 is 0.941 bits per heavy atom. The average Bonchev–Trinajstić information content (AvgIpc) is 2.59. The number of hydrogen-bond donors (Lipinski definition) is 0. The van der Waals surface area contributed by atoms with E-state index in [2.05, 4.69) is 44.2 Å². The van der Waals surface area contributed by atoms with Crippen molar-refractivity contribution in [1.82, 2.24) is 0 Å². The summed E-state index contributed by atoms with van der Waals surface area (Å²) in [5, 5.41) is 0. The highest BCUT2D eigenvalue weighted by molar-refractivity contribution is 5.84. The predicted octanol–water partition coefficient (Wildman–Crippen LogP) is 3.81. The summed E-state index contributed by atoms with van der Waals surface area (Å²) in [5.74, 6) is 0. The summed E-state index contributed by atoms with van der Waals surface area (Å²) < 4.78 is 0. The van der Waals surface area contributed by atoms with Crippen molar-refractivity contribution in [3.05, 3.63) is 59.2 Å². The zero-order valence-electron chi connectivity index (χ0n) is 10.0. The number of carbonyl (C=O) groups excluding carboxylic acids is 1. The van der Waals surface area contributed by atoms with Crippen LogP contribution in [0.5, 0.6) is 0 Å². The van der Waals surface area contributed by atoms with E-state index in [0.717, 1.165) is 11.8 Å². The third kappa shape index (κ3) is 1.29. The molecule has 1 heteroatoms. The van der Waals surface area contributed by atoms with Crippen molar-refractivity contribution >= 4 is 6.29 Å². The lowest BCUT2D eigenvalue weighted by Crippen LogP contribution is -2.15. The maximum atomic E-state index is 10.9. The third-order valence-corrected chi connectivity index (χ3v) is 3.74. The van der Waals surface area contributed by atoms with Crippen LogP contribution in [0.15, 0.2) is 42.5 Å². The van der Waals surface area contributed by atoms with Gasteiger partial charge in [-0.05, 0) is 28.3 Å². The van der Waals surface area contributed by atoms with E-state index in [1.165, 1.54) is 22.3 Å². The Labute approximate surface area is 101 Å². The van der Waals surface area contributed by atoms with Crippen LogP contribution in [0, 0.1) is 0 Å². The normalized spacial score (nSPS) is 15.2. The topological polar surface area (TPSA) is 17.1 Å².